The van der Waals surface area contributed by atoms with Gasteiger partial charge in [0.1, 0.15) is 17.1 Å². The van der Waals surface area contributed by atoms with Crippen LogP contribution in [0.1, 0.15) is 34.0 Å². The summed E-state index contributed by atoms with van der Waals surface area (Å²) >= 11 is 0. The monoisotopic (exact) mass is 456 g/mol. The van der Waals surface area contributed by atoms with Crippen LogP contribution in [0.5, 0.6) is 17.5 Å². The molecule has 0 aliphatic carbocycles. The molecule has 0 bridgehead atoms. The first-order valence-electron chi connectivity index (χ1n) is 9.80. The highest BCUT2D eigenvalue weighted by Gasteiger charge is 2.24. The van der Waals surface area contributed by atoms with Gasteiger partial charge in [0.15, 0.2) is 5.03 Å². The number of anilines is 1. The summed E-state index contributed by atoms with van der Waals surface area (Å²) in [6.45, 7) is 7.86. The van der Waals surface area contributed by atoms with Crippen LogP contribution < -0.4 is 19.9 Å². The van der Waals surface area contributed by atoms with Crippen molar-refractivity contribution in [3.05, 3.63) is 64.7 Å². The molecule has 0 fully saturated rings. The van der Waals surface area contributed by atoms with Gasteiger partial charge >= 0.3 is 0 Å². The molecule has 0 aliphatic heterocycles. The smallest absolute Gasteiger partial charge is 0.281 e. The van der Waals surface area contributed by atoms with E-state index in [0.717, 1.165) is 16.7 Å². The highest BCUT2D eigenvalue weighted by molar-refractivity contribution is 7.90. The summed E-state index contributed by atoms with van der Waals surface area (Å²) in [6.07, 6.45) is 0. The van der Waals surface area contributed by atoms with Crippen molar-refractivity contribution >= 4 is 21.7 Å². The van der Waals surface area contributed by atoms with Crippen molar-refractivity contribution in [2.75, 3.05) is 12.3 Å². The predicted octanol–water partition coefficient (Wildman–Crippen LogP) is 3.29. The van der Waals surface area contributed by atoms with E-state index in [1.165, 1.54) is 30.3 Å². The van der Waals surface area contributed by atoms with Crippen LogP contribution in [-0.4, -0.2) is 30.9 Å². The Balaban J connectivity index is 2.00. The number of benzene rings is 1. The Kier molecular flexibility index (Phi) is 6.64. The number of aromatic nitrogens is 2. The van der Waals surface area contributed by atoms with Crippen LogP contribution in [0.3, 0.4) is 0 Å². The second-order valence-electron chi connectivity index (χ2n) is 7.10. The summed E-state index contributed by atoms with van der Waals surface area (Å²) in [4.78, 5) is 20.9. The maximum Gasteiger partial charge on any atom is 0.281 e. The Morgan fingerprint density at radius 1 is 1.06 bits per heavy atom. The van der Waals surface area contributed by atoms with Gasteiger partial charge < -0.3 is 15.2 Å². The number of nitrogens with zero attached hydrogens (tertiary/aromatic N) is 2. The van der Waals surface area contributed by atoms with E-state index in [4.69, 9.17) is 15.2 Å². The minimum absolute atomic E-state index is 0.0115. The first kappa shape index (κ1) is 23.0. The van der Waals surface area contributed by atoms with Crippen molar-refractivity contribution in [3.63, 3.8) is 0 Å². The molecule has 0 aliphatic rings. The third-order valence-electron chi connectivity index (χ3n) is 4.42. The largest absolute Gasteiger partial charge is 0.478 e. The Labute approximate surface area is 186 Å². The Bertz CT molecular complexity index is 1250. The van der Waals surface area contributed by atoms with Gasteiger partial charge in [0.25, 0.3) is 15.9 Å². The molecule has 3 N–H and O–H groups in total. The third kappa shape index (κ3) is 5.14. The highest BCUT2D eigenvalue weighted by atomic mass is 32.2. The fourth-order valence-electron chi connectivity index (χ4n) is 3.14. The zero-order valence-corrected chi connectivity index (χ0v) is 19.0. The summed E-state index contributed by atoms with van der Waals surface area (Å²) in [6, 6.07) is 10.8. The second-order valence-corrected chi connectivity index (χ2v) is 8.73. The van der Waals surface area contributed by atoms with Crippen molar-refractivity contribution in [1.82, 2.24) is 14.7 Å². The van der Waals surface area contributed by atoms with Crippen molar-refractivity contribution in [1.29, 1.82) is 0 Å². The molecule has 3 aromatic rings. The zero-order valence-electron chi connectivity index (χ0n) is 18.2. The van der Waals surface area contributed by atoms with Crippen LogP contribution in [0.25, 0.3) is 0 Å². The summed E-state index contributed by atoms with van der Waals surface area (Å²) in [7, 11) is -4.27. The van der Waals surface area contributed by atoms with E-state index in [1.54, 1.807) is 6.92 Å². The van der Waals surface area contributed by atoms with Crippen LogP contribution in [0.4, 0.5) is 5.82 Å². The van der Waals surface area contributed by atoms with E-state index in [-0.39, 0.29) is 28.2 Å². The van der Waals surface area contributed by atoms with Crippen LogP contribution in [0.15, 0.2) is 47.5 Å². The molecule has 32 heavy (non-hydrogen) atoms. The zero-order chi connectivity index (χ0) is 23.5. The second kappa shape index (κ2) is 9.23. The maximum atomic E-state index is 12.9. The van der Waals surface area contributed by atoms with Gasteiger partial charge in [0, 0.05) is 6.07 Å². The number of sulfonamides is 1. The lowest BCUT2D eigenvalue weighted by molar-refractivity contribution is 0.0978. The fourth-order valence-corrected chi connectivity index (χ4v) is 4.08. The van der Waals surface area contributed by atoms with E-state index in [2.05, 4.69) is 9.97 Å². The van der Waals surface area contributed by atoms with Crippen LogP contribution in [0, 0.1) is 20.8 Å². The van der Waals surface area contributed by atoms with Crippen LogP contribution in [-0.2, 0) is 10.0 Å². The minimum Gasteiger partial charge on any atom is -0.478 e. The Morgan fingerprint density at radius 2 is 1.75 bits per heavy atom. The number of aryl methyl sites for hydroxylation is 3. The molecule has 0 saturated carbocycles. The lowest BCUT2D eigenvalue weighted by Gasteiger charge is -2.15. The van der Waals surface area contributed by atoms with Gasteiger partial charge in [0.2, 0.25) is 11.8 Å². The van der Waals surface area contributed by atoms with Crippen molar-refractivity contribution in [2.24, 2.45) is 0 Å². The lowest BCUT2D eigenvalue weighted by Crippen LogP contribution is -2.31. The van der Waals surface area contributed by atoms with Gasteiger partial charge in [-0.1, -0.05) is 23.8 Å². The Hall–Kier alpha value is -3.66. The van der Waals surface area contributed by atoms with Gasteiger partial charge in [-0.15, -0.1) is 0 Å². The third-order valence-corrected chi connectivity index (χ3v) is 5.65. The highest BCUT2D eigenvalue weighted by Crippen LogP contribution is 2.32. The average Bonchev–Trinajstić information content (AvgIpc) is 2.70. The average molecular weight is 457 g/mol. The fraction of sp³-hybridized carbons (Fsp3) is 0.227. The van der Waals surface area contributed by atoms with E-state index in [0.29, 0.717) is 12.4 Å². The normalized spacial score (nSPS) is 11.1. The molecule has 10 heteroatoms. The van der Waals surface area contributed by atoms with Crippen LogP contribution >= 0.6 is 0 Å². The summed E-state index contributed by atoms with van der Waals surface area (Å²) in [5.41, 5.74) is 8.22. The number of amides is 1. The molecule has 2 aromatic heterocycles. The van der Waals surface area contributed by atoms with Gasteiger partial charge in [-0.3, -0.25) is 4.79 Å². The van der Waals surface area contributed by atoms with Crippen molar-refractivity contribution in [3.8, 4) is 17.5 Å². The molecule has 3 rings (SSSR count). The molecule has 9 nitrogen and oxygen atoms in total. The van der Waals surface area contributed by atoms with E-state index in [1.807, 2.05) is 37.6 Å². The predicted molar refractivity (Wildman–Crippen MR) is 119 cm³/mol. The number of nitrogen functional groups attached to an aromatic ring is 1. The van der Waals surface area contributed by atoms with Gasteiger partial charge in [-0.25, -0.2) is 9.71 Å². The SMILES string of the molecule is CCOc1ccc(C(=O)NS(=O)(=O)c2cccc(N)n2)c(Oc2c(C)cc(C)cc2C)n1. The Morgan fingerprint density at radius 3 is 2.38 bits per heavy atom. The summed E-state index contributed by atoms with van der Waals surface area (Å²) < 4.78 is 38.6. The molecule has 1 aromatic carbocycles. The lowest BCUT2D eigenvalue weighted by atomic mass is 10.1. The van der Waals surface area contributed by atoms with Gasteiger partial charge in [0.05, 0.1) is 6.61 Å². The van der Waals surface area contributed by atoms with Crippen molar-refractivity contribution in [2.45, 2.75) is 32.7 Å². The topological polar surface area (TPSA) is 134 Å². The molecule has 2 heterocycles. The maximum absolute atomic E-state index is 12.9. The molecule has 1 amide bonds. The molecule has 0 saturated heterocycles. The molecule has 168 valence electrons. The number of carbonyl (C=O) groups is 1. The van der Waals surface area contributed by atoms with Gasteiger partial charge in [-0.05, 0) is 57.0 Å². The number of nitrogens with one attached hydrogen (secondary N) is 1. The number of nitrogens with two attached hydrogens (primary N) is 1. The molecule has 0 spiro atoms. The van der Waals surface area contributed by atoms with Crippen molar-refractivity contribution < 1.29 is 22.7 Å². The molecular formula is C22H24N4O5S. The number of pyridine rings is 2. The van der Waals surface area contributed by atoms with Gasteiger partial charge in [-0.2, -0.15) is 13.4 Å². The number of hydrogen-bond donors (Lipinski definition) is 2. The number of rotatable bonds is 7. The minimum atomic E-state index is -4.27. The van der Waals surface area contributed by atoms with E-state index in [9.17, 15) is 13.2 Å². The summed E-state index contributed by atoms with van der Waals surface area (Å²) in [5.74, 6) is -0.244. The standard InChI is InChI=1S/C22H24N4O5S/c1-5-30-18-10-9-16(21(27)26-32(28,29)19-8-6-7-17(23)24-19)22(25-18)31-20-14(3)11-13(2)12-15(20)4/h6-12H,5H2,1-4H3,(H2,23,24)(H,26,27). The molecular weight excluding hydrogens is 432 g/mol. The first-order valence-corrected chi connectivity index (χ1v) is 11.3. The molecule has 0 atom stereocenters. The van der Waals surface area contributed by atoms with E-state index >= 15 is 0 Å². The number of ether oxygens (including phenoxy) is 2. The van der Waals surface area contributed by atoms with Crippen LogP contribution in [0.2, 0.25) is 0 Å². The number of carbonyl (C=O) groups excluding carboxylic acids is 1. The first-order chi connectivity index (χ1) is 15.1. The number of hydrogen-bond acceptors (Lipinski definition) is 8. The molecule has 0 unspecified atom stereocenters. The van der Waals surface area contributed by atoms with E-state index < -0.39 is 15.9 Å². The quantitative estimate of drug-likeness (QED) is 0.553. The molecule has 0 radical (unpaired) electrons. The summed E-state index contributed by atoms with van der Waals surface area (Å²) in [5, 5.41) is -0.377.